The van der Waals surface area contributed by atoms with E-state index in [2.05, 4.69) is 20.9 Å². The number of hydrogen-bond acceptors (Lipinski definition) is 0. The third kappa shape index (κ3) is 1.06. The molecule has 2 aromatic rings. The van der Waals surface area contributed by atoms with Gasteiger partial charge in [0.25, 0.3) is 0 Å². The van der Waals surface area contributed by atoms with Crippen molar-refractivity contribution < 1.29 is 0 Å². The first-order chi connectivity index (χ1) is 5.70. The Morgan fingerprint density at radius 1 is 1.50 bits per heavy atom. The molecule has 3 heteroatoms. The Labute approximate surface area is 83.9 Å². The number of H-pyrrole nitrogens is 1. The van der Waals surface area contributed by atoms with Gasteiger partial charge in [0.1, 0.15) is 0 Å². The van der Waals surface area contributed by atoms with Gasteiger partial charge in [0.2, 0.25) is 0 Å². The number of benzene rings is 1. The van der Waals surface area contributed by atoms with E-state index in [-0.39, 0.29) is 0 Å². The third-order valence-corrected chi connectivity index (χ3v) is 3.39. The second-order valence-corrected chi connectivity index (χ2v) is 3.94. The summed E-state index contributed by atoms with van der Waals surface area (Å²) >= 11 is 9.51. The van der Waals surface area contributed by atoms with Crippen LogP contribution in [0.3, 0.4) is 0 Å². The van der Waals surface area contributed by atoms with E-state index < -0.39 is 0 Å². The zero-order valence-corrected chi connectivity index (χ0v) is 8.83. The van der Waals surface area contributed by atoms with Gasteiger partial charge in [0.15, 0.2) is 0 Å². The minimum atomic E-state index is 0.789. The van der Waals surface area contributed by atoms with Gasteiger partial charge in [-0.25, -0.2) is 0 Å². The topological polar surface area (TPSA) is 15.8 Å². The zero-order chi connectivity index (χ0) is 8.72. The average molecular weight is 245 g/mol. The summed E-state index contributed by atoms with van der Waals surface area (Å²) in [7, 11) is 0. The molecule has 1 aromatic heterocycles. The Morgan fingerprint density at radius 3 is 3.00 bits per heavy atom. The fourth-order valence-corrected chi connectivity index (χ4v) is 2.11. The average Bonchev–Trinajstić information content (AvgIpc) is 2.48. The Bertz CT molecular complexity index is 433. The van der Waals surface area contributed by atoms with E-state index in [1.54, 1.807) is 0 Å². The molecular weight excluding hydrogens is 237 g/mol. The second-order valence-electron chi connectivity index (χ2n) is 2.74. The number of hydrogen-bond donors (Lipinski definition) is 1. The second kappa shape index (κ2) is 2.79. The summed E-state index contributed by atoms with van der Waals surface area (Å²) in [6, 6.07) is 3.97. The van der Waals surface area contributed by atoms with E-state index >= 15 is 0 Å². The summed E-state index contributed by atoms with van der Waals surface area (Å²) in [5.41, 5.74) is 2.15. The van der Waals surface area contributed by atoms with Gasteiger partial charge in [0.05, 0.1) is 0 Å². The maximum absolute atomic E-state index is 6.00. The van der Waals surface area contributed by atoms with Crippen molar-refractivity contribution in [3.63, 3.8) is 0 Å². The predicted molar refractivity (Wildman–Crippen MR) is 55.7 cm³/mol. The number of fused-ring (bicyclic) bond motifs is 1. The molecule has 1 nitrogen and oxygen atoms in total. The molecular formula is C9H7BrClN. The molecule has 1 N–H and O–H groups in total. The fourth-order valence-electron chi connectivity index (χ4n) is 1.23. The van der Waals surface area contributed by atoms with Crippen molar-refractivity contribution in [2.75, 3.05) is 0 Å². The van der Waals surface area contributed by atoms with Crippen LogP contribution in [0.2, 0.25) is 5.02 Å². The Balaban J connectivity index is 2.94. The molecule has 0 spiro atoms. The molecule has 1 aromatic carbocycles. The molecule has 0 aliphatic rings. The highest BCUT2D eigenvalue weighted by Crippen LogP contribution is 2.31. The lowest BCUT2D eigenvalue weighted by Gasteiger charge is -2.01. The lowest BCUT2D eigenvalue weighted by atomic mass is 10.2. The van der Waals surface area contributed by atoms with E-state index in [9.17, 15) is 0 Å². The number of aromatic amines is 1. The summed E-state index contributed by atoms with van der Waals surface area (Å²) in [5, 5.41) is 1.97. The van der Waals surface area contributed by atoms with E-state index in [0.717, 1.165) is 20.6 Å². The van der Waals surface area contributed by atoms with Crippen molar-refractivity contribution in [1.82, 2.24) is 4.98 Å². The van der Waals surface area contributed by atoms with E-state index in [1.807, 2.05) is 25.3 Å². The molecule has 0 amide bonds. The first kappa shape index (κ1) is 8.14. The molecule has 0 atom stereocenters. The molecule has 62 valence electrons. The van der Waals surface area contributed by atoms with E-state index in [4.69, 9.17) is 11.6 Å². The highest BCUT2D eigenvalue weighted by Gasteiger charge is 2.06. The molecule has 0 unspecified atom stereocenters. The van der Waals surface area contributed by atoms with Crippen molar-refractivity contribution in [2.45, 2.75) is 6.92 Å². The van der Waals surface area contributed by atoms with Gasteiger partial charge in [0, 0.05) is 26.6 Å². The molecule has 0 aliphatic heterocycles. The molecule has 1 heterocycles. The van der Waals surface area contributed by atoms with Gasteiger partial charge in [-0.2, -0.15) is 0 Å². The maximum atomic E-state index is 6.00. The number of nitrogens with one attached hydrogen (secondary N) is 1. The van der Waals surface area contributed by atoms with Crippen molar-refractivity contribution in [3.8, 4) is 0 Å². The van der Waals surface area contributed by atoms with Gasteiger partial charge in [-0.1, -0.05) is 11.6 Å². The molecule has 0 saturated carbocycles. The van der Waals surface area contributed by atoms with Crippen LogP contribution in [0.4, 0.5) is 0 Å². The van der Waals surface area contributed by atoms with Crippen LogP contribution in [0, 0.1) is 6.92 Å². The monoisotopic (exact) mass is 243 g/mol. The predicted octanol–water partition coefficient (Wildman–Crippen LogP) is 3.89. The molecule has 0 saturated heterocycles. The van der Waals surface area contributed by atoms with Crippen LogP contribution >= 0.6 is 27.5 Å². The number of aromatic nitrogens is 1. The molecule has 0 radical (unpaired) electrons. The number of rotatable bonds is 0. The van der Waals surface area contributed by atoms with E-state index in [0.29, 0.717) is 0 Å². The summed E-state index contributed by atoms with van der Waals surface area (Å²) in [4.78, 5) is 3.11. The lowest BCUT2D eigenvalue weighted by Crippen LogP contribution is -1.79. The summed E-state index contributed by atoms with van der Waals surface area (Å²) < 4.78 is 1.08. The molecule has 0 aliphatic carbocycles. The Hall–Kier alpha value is -0.470. The highest BCUT2D eigenvalue weighted by molar-refractivity contribution is 9.10. The summed E-state index contributed by atoms with van der Waals surface area (Å²) in [6.45, 7) is 2.00. The standard InChI is InChI=1S/C9H7BrClN/c1-5-7(11)4-8-6(9(5)10)2-3-12-8/h2-4,12H,1H3. The van der Waals surface area contributed by atoms with Crippen molar-refractivity contribution in [2.24, 2.45) is 0 Å². The number of halogens is 2. The normalized spacial score (nSPS) is 10.9. The van der Waals surface area contributed by atoms with Crippen LogP contribution in [-0.4, -0.2) is 4.98 Å². The van der Waals surface area contributed by atoms with Gasteiger partial charge >= 0.3 is 0 Å². The van der Waals surface area contributed by atoms with E-state index in [1.165, 1.54) is 5.39 Å². The minimum absolute atomic E-state index is 0.789. The molecule has 2 rings (SSSR count). The quantitative estimate of drug-likeness (QED) is 0.724. The van der Waals surface area contributed by atoms with Crippen LogP contribution in [0.25, 0.3) is 10.9 Å². The first-order valence-corrected chi connectivity index (χ1v) is 4.79. The molecule has 0 bridgehead atoms. The van der Waals surface area contributed by atoms with Crippen LogP contribution in [0.5, 0.6) is 0 Å². The van der Waals surface area contributed by atoms with Crippen molar-refractivity contribution in [3.05, 3.63) is 33.4 Å². The maximum Gasteiger partial charge on any atom is 0.0480 e. The van der Waals surface area contributed by atoms with Crippen LogP contribution < -0.4 is 0 Å². The highest BCUT2D eigenvalue weighted by atomic mass is 79.9. The van der Waals surface area contributed by atoms with Crippen molar-refractivity contribution >= 4 is 38.4 Å². The Morgan fingerprint density at radius 2 is 2.25 bits per heavy atom. The summed E-state index contributed by atoms with van der Waals surface area (Å²) in [5.74, 6) is 0. The molecule has 0 fully saturated rings. The Kier molecular flexibility index (Phi) is 1.89. The lowest BCUT2D eigenvalue weighted by molar-refractivity contribution is 1.44. The van der Waals surface area contributed by atoms with Crippen molar-refractivity contribution in [1.29, 1.82) is 0 Å². The van der Waals surface area contributed by atoms with Gasteiger partial charge in [-0.15, -0.1) is 0 Å². The summed E-state index contributed by atoms with van der Waals surface area (Å²) in [6.07, 6.45) is 1.91. The third-order valence-electron chi connectivity index (χ3n) is 1.97. The smallest absolute Gasteiger partial charge is 0.0480 e. The SMILES string of the molecule is Cc1c(Cl)cc2[nH]ccc2c1Br. The first-order valence-electron chi connectivity index (χ1n) is 3.62. The zero-order valence-electron chi connectivity index (χ0n) is 6.49. The van der Waals surface area contributed by atoms with Gasteiger partial charge < -0.3 is 4.98 Å². The fraction of sp³-hybridized carbons (Fsp3) is 0.111. The van der Waals surface area contributed by atoms with Gasteiger partial charge in [-0.05, 0) is 40.5 Å². The molecule has 12 heavy (non-hydrogen) atoms. The van der Waals surface area contributed by atoms with Crippen LogP contribution in [0.15, 0.2) is 22.8 Å². The minimum Gasteiger partial charge on any atom is -0.361 e. The largest absolute Gasteiger partial charge is 0.361 e. The van der Waals surface area contributed by atoms with Gasteiger partial charge in [-0.3, -0.25) is 0 Å². The van der Waals surface area contributed by atoms with Crippen LogP contribution in [-0.2, 0) is 0 Å². The van der Waals surface area contributed by atoms with Crippen LogP contribution in [0.1, 0.15) is 5.56 Å².